The van der Waals surface area contributed by atoms with Crippen molar-refractivity contribution in [3.05, 3.63) is 71.0 Å². The monoisotopic (exact) mass is 412 g/mol. The van der Waals surface area contributed by atoms with Crippen molar-refractivity contribution in [1.29, 1.82) is 0 Å². The smallest absolute Gasteiger partial charge is 0.339 e. The maximum Gasteiger partial charge on any atom is 0.339 e. The van der Waals surface area contributed by atoms with Crippen molar-refractivity contribution < 1.29 is 24.5 Å². The fourth-order valence-electron chi connectivity index (χ4n) is 3.77. The fourth-order valence-corrected chi connectivity index (χ4v) is 4.12. The average molecular weight is 413 g/mol. The summed E-state index contributed by atoms with van der Waals surface area (Å²) >= 11 is 5.29. The molecule has 2 unspecified atom stereocenters. The SMILES string of the molecule is CC(C)CCC1(c2ccccc2)CC(O)=C(C2C=CC=C(C(=O)O)C2=S)C(=O)O1. The summed E-state index contributed by atoms with van der Waals surface area (Å²) in [6, 6.07) is 9.42. The molecule has 1 aliphatic heterocycles. The highest BCUT2D eigenvalue weighted by Crippen LogP contribution is 2.44. The van der Waals surface area contributed by atoms with E-state index in [9.17, 15) is 19.8 Å². The van der Waals surface area contributed by atoms with E-state index in [0.717, 1.165) is 12.0 Å². The van der Waals surface area contributed by atoms with Gasteiger partial charge >= 0.3 is 11.9 Å². The topological polar surface area (TPSA) is 83.8 Å². The van der Waals surface area contributed by atoms with Crippen LogP contribution in [0.25, 0.3) is 0 Å². The highest BCUT2D eigenvalue weighted by atomic mass is 32.1. The molecule has 2 N–H and O–H groups in total. The van der Waals surface area contributed by atoms with Crippen LogP contribution in [0.2, 0.25) is 0 Å². The summed E-state index contributed by atoms with van der Waals surface area (Å²) in [6.45, 7) is 4.19. The third-order valence-electron chi connectivity index (χ3n) is 5.35. The minimum atomic E-state index is -1.16. The van der Waals surface area contributed by atoms with Gasteiger partial charge in [-0.1, -0.05) is 68.5 Å². The molecule has 0 saturated heterocycles. The number of benzene rings is 1. The number of carboxylic acid groups (broad SMARTS) is 1. The lowest BCUT2D eigenvalue weighted by Gasteiger charge is -2.39. The molecule has 0 fully saturated rings. The predicted molar refractivity (Wildman–Crippen MR) is 114 cm³/mol. The van der Waals surface area contributed by atoms with E-state index in [1.54, 1.807) is 6.08 Å². The second-order valence-electron chi connectivity index (χ2n) is 7.83. The van der Waals surface area contributed by atoms with E-state index in [1.165, 1.54) is 12.2 Å². The second kappa shape index (κ2) is 8.33. The molecule has 152 valence electrons. The number of hydrogen-bond acceptors (Lipinski definition) is 5. The summed E-state index contributed by atoms with van der Waals surface area (Å²) in [7, 11) is 0. The number of aliphatic carboxylic acids is 1. The van der Waals surface area contributed by atoms with Crippen molar-refractivity contribution >= 4 is 29.0 Å². The van der Waals surface area contributed by atoms with Crippen LogP contribution < -0.4 is 0 Å². The highest BCUT2D eigenvalue weighted by molar-refractivity contribution is 7.81. The summed E-state index contributed by atoms with van der Waals surface area (Å²) < 4.78 is 5.97. The number of hydrogen-bond donors (Lipinski definition) is 2. The molecule has 1 heterocycles. The van der Waals surface area contributed by atoms with Crippen molar-refractivity contribution in [3.8, 4) is 0 Å². The first-order chi connectivity index (χ1) is 13.7. The molecule has 0 aromatic heterocycles. The number of thiocarbonyl (C=S) groups is 1. The minimum absolute atomic E-state index is 0.0224. The number of carboxylic acids is 1. The van der Waals surface area contributed by atoms with Gasteiger partial charge in [-0.15, -0.1) is 0 Å². The lowest BCUT2D eigenvalue weighted by Crippen LogP contribution is -2.40. The summed E-state index contributed by atoms with van der Waals surface area (Å²) in [5, 5.41) is 20.2. The van der Waals surface area contributed by atoms with E-state index in [4.69, 9.17) is 17.0 Å². The lowest BCUT2D eigenvalue weighted by atomic mass is 9.78. The van der Waals surface area contributed by atoms with Crippen LogP contribution in [0, 0.1) is 11.8 Å². The summed E-state index contributed by atoms with van der Waals surface area (Å²) in [5.41, 5.74) is -0.163. The number of aliphatic hydroxyl groups excluding tert-OH is 1. The van der Waals surface area contributed by atoms with Gasteiger partial charge in [0, 0.05) is 17.2 Å². The highest BCUT2D eigenvalue weighted by Gasteiger charge is 2.45. The third kappa shape index (κ3) is 4.17. The normalized spacial score (nSPS) is 24.5. The first-order valence-electron chi connectivity index (χ1n) is 9.62. The molecule has 0 spiro atoms. The number of carbonyl (C=O) groups is 2. The molecule has 1 aromatic carbocycles. The number of ether oxygens (including phenoxy) is 1. The van der Waals surface area contributed by atoms with E-state index >= 15 is 0 Å². The van der Waals surface area contributed by atoms with Crippen LogP contribution in [0.3, 0.4) is 0 Å². The van der Waals surface area contributed by atoms with Crippen LogP contribution in [0.1, 0.15) is 38.7 Å². The molecule has 0 saturated carbocycles. The van der Waals surface area contributed by atoms with Gasteiger partial charge in [0.2, 0.25) is 0 Å². The lowest BCUT2D eigenvalue weighted by molar-refractivity contribution is -0.162. The fraction of sp³-hybridized carbons (Fsp3) is 0.348. The van der Waals surface area contributed by atoms with Gasteiger partial charge in [-0.3, -0.25) is 0 Å². The molecule has 1 aliphatic carbocycles. The van der Waals surface area contributed by atoms with Gasteiger partial charge in [0.15, 0.2) is 0 Å². The van der Waals surface area contributed by atoms with Crippen molar-refractivity contribution in [1.82, 2.24) is 0 Å². The van der Waals surface area contributed by atoms with Crippen LogP contribution in [-0.2, 0) is 19.9 Å². The summed E-state index contributed by atoms with van der Waals surface area (Å²) in [5.74, 6) is -2.32. The van der Waals surface area contributed by atoms with E-state index in [1.807, 2.05) is 30.3 Å². The standard InChI is InChI=1S/C23H24O5S/c1-14(2)11-12-23(15-7-4-3-5-8-15)13-18(24)19(22(27)28-23)16-9-6-10-17(20(16)29)21(25)26/h3-10,14,16,24H,11-13H2,1-2H3,(H,25,26). The Bertz CT molecular complexity index is 926. The Kier molecular flexibility index (Phi) is 6.03. The molecule has 3 rings (SSSR count). The number of carbonyl (C=O) groups excluding carboxylic acids is 1. The van der Waals surface area contributed by atoms with Crippen LogP contribution in [0.15, 0.2) is 65.5 Å². The minimum Gasteiger partial charge on any atom is -0.512 e. The zero-order chi connectivity index (χ0) is 21.2. The first kappa shape index (κ1) is 21.0. The summed E-state index contributed by atoms with van der Waals surface area (Å²) in [6.07, 6.45) is 6.07. The maximum atomic E-state index is 13.1. The molecule has 0 radical (unpaired) electrons. The van der Waals surface area contributed by atoms with Gasteiger partial charge in [-0.25, -0.2) is 9.59 Å². The number of esters is 1. The first-order valence-corrected chi connectivity index (χ1v) is 10.0. The zero-order valence-electron chi connectivity index (χ0n) is 16.4. The van der Waals surface area contributed by atoms with Gasteiger partial charge in [0.25, 0.3) is 0 Å². The van der Waals surface area contributed by atoms with Gasteiger partial charge in [0.05, 0.1) is 11.1 Å². The number of allylic oxidation sites excluding steroid dienone is 3. The average Bonchev–Trinajstić information content (AvgIpc) is 2.67. The quantitative estimate of drug-likeness (QED) is 0.523. The molecule has 2 aliphatic rings. The molecule has 2 atom stereocenters. The van der Waals surface area contributed by atoms with Crippen molar-refractivity contribution in [2.45, 2.75) is 38.7 Å². The molecule has 0 amide bonds. The molecular formula is C23H24O5S. The Morgan fingerprint density at radius 2 is 2.00 bits per heavy atom. The maximum absolute atomic E-state index is 13.1. The molecular weight excluding hydrogens is 388 g/mol. The third-order valence-corrected chi connectivity index (χ3v) is 5.83. The van der Waals surface area contributed by atoms with Gasteiger partial charge in [-0.2, -0.15) is 0 Å². The van der Waals surface area contributed by atoms with Crippen LogP contribution in [0.4, 0.5) is 0 Å². The van der Waals surface area contributed by atoms with Crippen LogP contribution >= 0.6 is 12.2 Å². The van der Waals surface area contributed by atoms with Crippen molar-refractivity contribution in [2.24, 2.45) is 11.8 Å². The largest absolute Gasteiger partial charge is 0.512 e. The van der Waals surface area contributed by atoms with Gasteiger partial charge in [-0.05, 0) is 30.4 Å². The van der Waals surface area contributed by atoms with Crippen LogP contribution in [-0.4, -0.2) is 27.0 Å². The van der Waals surface area contributed by atoms with Gasteiger partial charge in [0.1, 0.15) is 11.4 Å². The molecule has 0 bridgehead atoms. The Hall–Kier alpha value is -2.73. The van der Waals surface area contributed by atoms with Crippen molar-refractivity contribution in [3.63, 3.8) is 0 Å². The Morgan fingerprint density at radius 1 is 1.31 bits per heavy atom. The number of rotatable bonds is 6. The zero-order valence-corrected chi connectivity index (χ0v) is 17.2. The molecule has 5 nitrogen and oxygen atoms in total. The Morgan fingerprint density at radius 3 is 2.59 bits per heavy atom. The van der Waals surface area contributed by atoms with Gasteiger partial charge < -0.3 is 14.9 Å². The van der Waals surface area contributed by atoms with E-state index in [0.29, 0.717) is 12.3 Å². The Labute approximate surface area is 175 Å². The van der Waals surface area contributed by atoms with E-state index < -0.39 is 23.5 Å². The number of cyclic esters (lactones) is 1. The molecule has 6 heteroatoms. The Balaban J connectivity index is 2.00. The van der Waals surface area contributed by atoms with E-state index in [-0.39, 0.29) is 28.2 Å². The second-order valence-corrected chi connectivity index (χ2v) is 8.27. The molecule has 1 aromatic rings. The summed E-state index contributed by atoms with van der Waals surface area (Å²) in [4.78, 5) is 24.6. The van der Waals surface area contributed by atoms with E-state index in [2.05, 4.69) is 13.8 Å². The van der Waals surface area contributed by atoms with Crippen molar-refractivity contribution in [2.75, 3.05) is 0 Å². The predicted octanol–water partition coefficient (Wildman–Crippen LogP) is 4.64. The van der Waals surface area contributed by atoms with Crippen LogP contribution in [0.5, 0.6) is 0 Å². The molecule has 29 heavy (non-hydrogen) atoms. The number of aliphatic hydroxyl groups is 1.